The largest absolute Gasteiger partial charge is 0.444 e. The zero-order valence-corrected chi connectivity index (χ0v) is 13.7. The highest BCUT2D eigenvalue weighted by Crippen LogP contribution is 2.19. The molecule has 1 saturated heterocycles. The Labute approximate surface area is 133 Å². The number of ether oxygens (including phenoxy) is 1. The van der Waals surface area contributed by atoms with Crippen LogP contribution in [0.5, 0.6) is 0 Å². The van der Waals surface area contributed by atoms with Crippen molar-refractivity contribution in [3.8, 4) is 0 Å². The Hall–Kier alpha value is -1.27. The minimum absolute atomic E-state index is 0.0482. The molecule has 1 aliphatic heterocycles. The molecule has 1 aromatic heterocycles. The Morgan fingerprint density at radius 1 is 1.38 bits per heavy atom. The third-order valence-electron chi connectivity index (χ3n) is 2.84. The van der Waals surface area contributed by atoms with E-state index < -0.39 is 5.60 Å². The molecular weight excluding hydrogens is 315 g/mol. The van der Waals surface area contributed by atoms with Crippen molar-refractivity contribution in [2.24, 2.45) is 0 Å². The van der Waals surface area contributed by atoms with Crippen molar-refractivity contribution >= 4 is 35.2 Å². The minimum atomic E-state index is -0.494. The zero-order valence-electron chi connectivity index (χ0n) is 12.2. The summed E-state index contributed by atoms with van der Waals surface area (Å²) < 4.78 is 5.34. The average molecular weight is 333 g/mol. The highest BCUT2D eigenvalue weighted by Gasteiger charge is 2.30. The normalized spacial score (nSPS) is 18.7. The first-order valence-corrected chi connectivity index (χ1v) is 7.43. The van der Waals surface area contributed by atoms with Crippen molar-refractivity contribution in [2.45, 2.75) is 38.8 Å². The molecule has 21 heavy (non-hydrogen) atoms. The Bertz CT molecular complexity index is 513. The molecule has 1 aromatic rings. The molecule has 1 N–H and O–H groups in total. The van der Waals surface area contributed by atoms with Crippen LogP contribution in [0.15, 0.2) is 6.07 Å². The maximum absolute atomic E-state index is 12.0. The summed E-state index contributed by atoms with van der Waals surface area (Å²) in [7, 11) is 0. The van der Waals surface area contributed by atoms with Gasteiger partial charge in [0.1, 0.15) is 15.9 Å². The molecular formula is C13H18Cl2N4O2. The highest BCUT2D eigenvalue weighted by molar-refractivity contribution is 6.33. The molecule has 2 rings (SSSR count). The number of carbonyl (C=O) groups excluding carboxylic acids is 1. The van der Waals surface area contributed by atoms with Crippen LogP contribution in [0.1, 0.15) is 27.2 Å². The lowest BCUT2D eigenvalue weighted by Gasteiger charge is -2.24. The molecule has 0 spiro atoms. The van der Waals surface area contributed by atoms with E-state index in [1.807, 2.05) is 20.8 Å². The van der Waals surface area contributed by atoms with E-state index in [0.29, 0.717) is 19.0 Å². The molecule has 116 valence electrons. The third kappa shape index (κ3) is 4.89. The number of nitrogens with zero attached hydrogens (tertiary/aromatic N) is 3. The predicted molar refractivity (Wildman–Crippen MR) is 81.9 cm³/mol. The Balaban J connectivity index is 1.92. The van der Waals surface area contributed by atoms with Gasteiger partial charge < -0.3 is 15.0 Å². The monoisotopic (exact) mass is 332 g/mol. The first kappa shape index (κ1) is 16.1. The van der Waals surface area contributed by atoms with Crippen molar-refractivity contribution in [3.63, 3.8) is 0 Å². The number of anilines is 1. The predicted octanol–water partition coefficient (Wildman–Crippen LogP) is 3.20. The Kier molecular flexibility index (Phi) is 4.78. The number of halogens is 2. The molecule has 0 aliphatic carbocycles. The number of likely N-dealkylation sites (tertiary alicyclic amines) is 1. The summed E-state index contributed by atoms with van der Waals surface area (Å²) in [5.41, 5.74) is -0.494. The van der Waals surface area contributed by atoms with Crippen LogP contribution >= 0.6 is 23.2 Å². The van der Waals surface area contributed by atoms with Crippen LogP contribution in [-0.2, 0) is 4.74 Å². The molecule has 0 bridgehead atoms. The number of amides is 1. The van der Waals surface area contributed by atoms with Crippen LogP contribution in [0, 0.1) is 0 Å². The smallest absolute Gasteiger partial charge is 0.410 e. The molecule has 0 saturated carbocycles. The molecule has 0 unspecified atom stereocenters. The maximum atomic E-state index is 12.0. The number of rotatable bonds is 2. The number of hydrogen-bond acceptors (Lipinski definition) is 5. The second-order valence-electron chi connectivity index (χ2n) is 5.89. The summed E-state index contributed by atoms with van der Waals surface area (Å²) >= 11 is 11.7. The van der Waals surface area contributed by atoms with Crippen LogP contribution < -0.4 is 5.32 Å². The summed E-state index contributed by atoms with van der Waals surface area (Å²) in [6.45, 7) is 6.69. The fraction of sp³-hybridized carbons (Fsp3) is 0.615. The maximum Gasteiger partial charge on any atom is 0.410 e. The summed E-state index contributed by atoms with van der Waals surface area (Å²) in [5, 5.41) is 3.68. The van der Waals surface area contributed by atoms with Gasteiger partial charge in [-0.25, -0.2) is 14.8 Å². The van der Waals surface area contributed by atoms with Crippen molar-refractivity contribution in [1.82, 2.24) is 14.9 Å². The first-order chi connectivity index (χ1) is 9.73. The van der Waals surface area contributed by atoms with Gasteiger partial charge in [-0.3, -0.25) is 0 Å². The standard InChI is InChI=1S/C13H18Cl2N4O2/c1-13(2,3)21-12(20)19-5-4-8(7-19)16-11-17-9(14)6-10(15)18-11/h6,8H,4-5,7H2,1-3H3,(H,16,17,18)/t8-/m0/s1. The van der Waals surface area contributed by atoms with Gasteiger partial charge in [0, 0.05) is 25.2 Å². The lowest BCUT2D eigenvalue weighted by molar-refractivity contribution is 0.0293. The van der Waals surface area contributed by atoms with E-state index >= 15 is 0 Å². The van der Waals surface area contributed by atoms with Crippen LogP contribution in [0.2, 0.25) is 10.3 Å². The lowest BCUT2D eigenvalue weighted by atomic mass is 10.2. The molecule has 8 heteroatoms. The van der Waals surface area contributed by atoms with Gasteiger partial charge in [0.05, 0.1) is 0 Å². The van der Waals surface area contributed by atoms with Crippen molar-refractivity contribution < 1.29 is 9.53 Å². The first-order valence-electron chi connectivity index (χ1n) is 6.67. The van der Waals surface area contributed by atoms with E-state index in [0.717, 1.165) is 6.42 Å². The van der Waals surface area contributed by atoms with E-state index in [9.17, 15) is 4.79 Å². The minimum Gasteiger partial charge on any atom is -0.444 e. The van der Waals surface area contributed by atoms with Gasteiger partial charge in [0.25, 0.3) is 0 Å². The highest BCUT2D eigenvalue weighted by atomic mass is 35.5. The van der Waals surface area contributed by atoms with Crippen LogP contribution in [0.25, 0.3) is 0 Å². The fourth-order valence-electron chi connectivity index (χ4n) is 2.01. The van der Waals surface area contributed by atoms with Crippen LogP contribution in [0.3, 0.4) is 0 Å². The zero-order chi connectivity index (χ0) is 15.6. The van der Waals surface area contributed by atoms with Gasteiger partial charge in [0.15, 0.2) is 0 Å². The van der Waals surface area contributed by atoms with Gasteiger partial charge in [0.2, 0.25) is 5.95 Å². The van der Waals surface area contributed by atoms with Crippen molar-refractivity contribution in [2.75, 3.05) is 18.4 Å². The molecule has 1 atom stereocenters. The topological polar surface area (TPSA) is 67.3 Å². The van der Waals surface area contributed by atoms with E-state index in [1.165, 1.54) is 6.07 Å². The quantitative estimate of drug-likeness (QED) is 0.842. The van der Waals surface area contributed by atoms with E-state index in [2.05, 4.69) is 15.3 Å². The SMILES string of the molecule is CC(C)(C)OC(=O)N1CC[C@H](Nc2nc(Cl)cc(Cl)n2)C1. The van der Waals surface area contributed by atoms with Gasteiger partial charge in [-0.2, -0.15) is 0 Å². The van der Waals surface area contributed by atoms with E-state index in [4.69, 9.17) is 27.9 Å². The van der Waals surface area contributed by atoms with Gasteiger partial charge in [-0.1, -0.05) is 23.2 Å². The fourth-order valence-corrected chi connectivity index (χ4v) is 2.43. The van der Waals surface area contributed by atoms with E-state index in [-0.39, 0.29) is 22.4 Å². The number of aromatic nitrogens is 2. The van der Waals surface area contributed by atoms with Crippen molar-refractivity contribution in [3.05, 3.63) is 16.4 Å². The summed E-state index contributed by atoms with van der Waals surface area (Å²) in [6.07, 6.45) is 0.476. The summed E-state index contributed by atoms with van der Waals surface area (Å²) in [4.78, 5) is 21.7. The summed E-state index contributed by atoms with van der Waals surface area (Å²) in [6, 6.07) is 1.52. The number of hydrogen-bond donors (Lipinski definition) is 1. The Morgan fingerprint density at radius 2 is 2.00 bits per heavy atom. The molecule has 1 aliphatic rings. The van der Waals surface area contributed by atoms with Gasteiger partial charge in [-0.05, 0) is 27.2 Å². The number of nitrogens with one attached hydrogen (secondary N) is 1. The number of carbonyl (C=O) groups is 1. The molecule has 0 radical (unpaired) electrons. The summed E-state index contributed by atoms with van der Waals surface area (Å²) in [5.74, 6) is 0.364. The lowest BCUT2D eigenvalue weighted by Crippen LogP contribution is -2.36. The molecule has 1 fully saturated rings. The van der Waals surface area contributed by atoms with Gasteiger partial charge in [-0.15, -0.1) is 0 Å². The van der Waals surface area contributed by atoms with Crippen LogP contribution in [-0.4, -0.2) is 45.7 Å². The second kappa shape index (κ2) is 6.23. The molecule has 6 nitrogen and oxygen atoms in total. The third-order valence-corrected chi connectivity index (χ3v) is 3.22. The van der Waals surface area contributed by atoms with Crippen molar-refractivity contribution in [1.29, 1.82) is 0 Å². The second-order valence-corrected chi connectivity index (χ2v) is 6.67. The molecule has 2 heterocycles. The Morgan fingerprint density at radius 3 is 2.57 bits per heavy atom. The van der Waals surface area contributed by atoms with E-state index in [1.54, 1.807) is 4.90 Å². The van der Waals surface area contributed by atoms with Gasteiger partial charge >= 0.3 is 6.09 Å². The molecule has 0 aromatic carbocycles. The van der Waals surface area contributed by atoms with Crippen LogP contribution in [0.4, 0.5) is 10.7 Å². The molecule has 1 amide bonds. The average Bonchev–Trinajstić information content (AvgIpc) is 2.73.